The maximum atomic E-state index is 12.9. The van der Waals surface area contributed by atoms with Crippen molar-refractivity contribution in [3.63, 3.8) is 0 Å². The van der Waals surface area contributed by atoms with Crippen molar-refractivity contribution in [2.45, 2.75) is 33.6 Å². The minimum atomic E-state index is -0.0695. The summed E-state index contributed by atoms with van der Waals surface area (Å²) in [5, 5.41) is 3.09. The average Bonchev–Trinajstić information content (AvgIpc) is 2.74. The molecule has 2 heterocycles. The van der Waals surface area contributed by atoms with E-state index in [0.29, 0.717) is 12.5 Å². The zero-order valence-corrected chi connectivity index (χ0v) is 17.9. The van der Waals surface area contributed by atoms with Crippen LogP contribution in [0.15, 0.2) is 54.9 Å². The quantitative estimate of drug-likeness (QED) is 0.675. The third kappa shape index (κ3) is 4.67. The van der Waals surface area contributed by atoms with Crippen LogP contribution in [0.2, 0.25) is 0 Å². The monoisotopic (exact) mass is 400 g/mol. The molecule has 30 heavy (non-hydrogen) atoms. The zero-order valence-electron chi connectivity index (χ0n) is 17.9. The third-order valence-electron chi connectivity index (χ3n) is 5.59. The van der Waals surface area contributed by atoms with Crippen LogP contribution < -0.4 is 10.2 Å². The molecule has 5 heteroatoms. The van der Waals surface area contributed by atoms with Crippen LogP contribution >= 0.6 is 0 Å². The van der Waals surface area contributed by atoms with Gasteiger partial charge in [-0.25, -0.2) is 9.97 Å². The molecule has 1 N–H and O–H groups in total. The predicted molar refractivity (Wildman–Crippen MR) is 122 cm³/mol. The molecule has 4 rings (SSSR count). The lowest BCUT2D eigenvalue weighted by atomic mass is 9.97. The van der Waals surface area contributed by atoms with E-state index in [1.807, 2.05) is 38.4 Å². The smallest absolute Gasteiger partial charge is 0.229 e. The lowest BCUT2D eigenvalue weighted by molar-refractivity contribution is -0.120. The number of nitrogens with one attached hydrogen (secondary N) is 1. The predicted octanol–water partition coefficient (Wildman–Crippen LogP) is 4.92. The Labute approximate surface area is 178 Å². The Morgan fingerprint density at radius 1 is 0.933 bits per heavy atom. The summed E-state index contributed by atoms with van der Waals surface area (Å²) in [6.07, 6.45) is 5.57. The van der Waals surface area contributed by atoms with Gasteiger partial charge in [0.05, 0.1) is 5.92 Å². The molecular formula is C25H28N4O. The second kappa shape index (κ2) is 8.66. The highest BCUT2D eigenvalue weighted by Gasteiger charge is 2.27. The Hall–Kier alpha value is -3.21. The average molecular weight is 401 g/mol. The van der Waals surface area contributed by atoms with E-state index in [4.69, 9.17) is 0 Å². The molecule has 1 amide bonds. The van der Waals surface area contributed by atoms with E-state index in [1.165, 1.54) is 5.56 Å². The molecule has 1 atom stereocenters. The zero-order chi connectivity index (χ0) is 21.1. The van der Waals surface area contributed by atoms with Gasteiger partial charge in [0, 0.05) is 36.7 Å². The van der Waals surface area contributed by atoms with E-state index in [1.54, 1.807) is 0 Å². The van der Waals surface area contributed by atoms with Crippen molar-refractivity contribution >= 4 is 17.5 Å². The summed E-state index contributed by atoms with van der Waals surface area (Å²) in [7, 11) is 0. The van der Waals surface area contributed by atoms with Gasteiger partial charge < -0.3 is 10.2 Å². The van der Waals surface area contributed by atoms with Crippen LogP contribution in [0, 0.1) is 26.7 Å². The highest BCUT2D eigenvalue weighted by molar-refractivity contribution is 5.93. The van der Waals surface area contributed by atoms with Gasteiger partial charge >= 0.3 is 0 Å². The Balaban J connectivity index is 1.43. The highest BCUT2D eigenvalue weighted by Crippen LogP contribution is 2.24. The van der Waals surface area contributed by atoms with E-state index in [2.05, 4.69) is 57.4 Å². The molecule has 154 valence electrons. The van der Waals surface area contributed by atoms with Crippen LogP contribution in [0.25, 0.3) is 11.1 Å². The summed E-state index contributed by atoms with van der Waals surface area (Å²) in [6.45, 7) is 7.68. The SMILES string of the molecule is Cc1ccc(-c2cnc(N3CCCC(C(=O)Nc4cc(C)cc(C)c4)C3)nc2)cc1. The van der Waals surface area contributed by atoms with Crippen molar-refractivity contribution in [1.29, 1.82) is 0 Å². The van der Waals surface area contributed by atoms with Gasteiger partial charge in [-0.2, -0.15) is 0 Å². The number of amides is 1. The highest BCUT2D eigenvalue weighted by atomic mass is 16.1. The van der Waals surface area contributed by atoms with Gasteiger partial charge in [-0.05, 0) is 62.4 Å². The Morgan fingerprint density at radius 2 is 1.60 bits per heavy atom. The molecule has 0 aliphatic carbocycles. The normalized spacial score (nSPS) is 16.4. The maximum absolute atomic E-state index is 12.9. The number of benzene rings is 2. The second-order valence-electron chi connectivity index (χ2n) is 8.29. The summed E-state index contributed by atoms with van der Waals surface area (Å²) in [5.74, 6) is 0.690. The standard InChI is InChI=1S/C25H28N4O/c1-17-6-8-20(9-7-17)22-14-26-25(27-15-22)29-10-4-5-21(16-29)24(30)28-23-12-18(2)11-19(3)13-23/h6-9,11-15,21H,4-5,10,16H2,1-3H3,(H,28,30). The number of anilines is 2. The van der Waals surface area contributed by atoms with E-state index in [0.717, 1.165) is 47.3 Å². The number of rotatable bonds is 4. The minimum absolute atomic E-state index is 0.0695. The Bertz CT molecular complexity index is 1010. The van der Waals surface area contributed by atoms with Gasteiger partial charge in [-0.1, -0.05) is 35.9 Å². The molecule has 2 aromatic carbocycles. The number of carbonyl (C=O) groups is 1. The van der Waals surface area contributed by atoms with E-state index in [-0.39, 0.29) is 11.8 Å². The molecule has 0 saturated carbocycles. The summed E-state index contributed by atoms with van der Waals surface area (Å²) < 4.78 is 0. The van der Waals surface area contributed by atoms with Crippen LogP contribution in [-0.2, 0) is 4.79 Å². The topological polar surface area (TPSA) is 58.1 Å². The number of hydrogen-bond donors (Lipinski definition) is 1. The fourth-order valence-electron chi connectivity index (χ4n) is 4.04. The Kier molecular flexibility index (Phi) is 5.79. The molecule has 0 bridgehead atoms. The number of hydrogen-bond acceptors (Lipinski definition) is 4. The summed E-state index contributed by atoms with van der Waals surface area (Å²) in [6, 6.07) is 14.5. The summed E-state index contributed by atoms with van der Waals surface area (Å²) in [5.41, 5.74) is 6.51. The molecule has 0 radical (unpaired) electrons. The number of nitrogens with zero attached hydrogens (tertiary/aromatic N) is 3. The first-order valence-corrected chi connectivity index (χ1v) is 10.5. The number of piperidine rings is 1. The number of aromatic nitrogens is 2. The van der Waals surface area contributed by atoms with Crippen molar-refractivity contribution in [2.24, 2.45) is 5.92 Å². The third-order valence-corrected chi connectivity index (χ3v) is 5.59. The van der Waals surface area contributed by atoms with E-state index in [9.17, 15) is 4.79 Å². The van der Waals surface area contributed by atoms with Crippen molar-refractivity contribution in [2.75, 3.05) is 23.3 Å². The van der Waals surface area contributed by atoms with Crippen LogP contribution in [0.5, 0.6) is 0 Å². The van der Waals surface area contributed by atoms with E-state index >= 15 is 0 Å². The van der Waals surface area contributed by atoms with Gasteiger partial charge in [0.15, 0.2) is 0 Å². The fourth-order valence-corrected chi connectivity index (χ4v) is 4.04. The fraction of sp³-hybridized carbons (Fsp3) is 0.320. The van der Waals surface area contributed by atoms with Gasteiger partial charge in [0.25, 0.3) is 0 Å². The largest absolute Gasteiger partial charge is 0.340 e. The first-order chi connectivity index (χ1) is 14.5. The van der Waals surface area contributed by atoms with Crippen molar-refractivity contribution in [3.8, 4) is 11.1 Å². The molecule has 1 aliphatic rings. The van der Waals surface area contributed by atoms with Crippen molar-refractivity contribution < 1.29 is 4.79 Å². The number of aryl methyl sites for hydroxylation is 3. The molecule has 1 aliphatic heterocycles. The van der Waals surface area contributed by atoms with Crippen LogP contribution in [0.3, 0.4) is 0 Å². The van der Waals surface area contributed by atoms with Crippen LogP contribution in [-0.4, -0.2) is 29.0 Å². The molecule has 1 fully saturated rings. The lowest BCUT2D eigenvalue weighted by Crippen LogP contribution is -2.41. The number of carbonyl (C=O) groups excluding carboxylic acids is 1. The summed E-state index contributed by atoms with van der Waals surface area (Å²) >= 11 is 0. The molecule has 1 saturated heterocycles. The van der Waals surface area contributed by atoms with Gasteiger partial charge in [-0.15, -0.1) is 0 Å². The second-order valence-corrected chi connectivity index (χ2v) is 8.29. The van der Waals surface area contributed by atoms with Gasteiger partial charge in [0.1, 0.15) is 0 Å². The first kappa shape index (κ1) is 20.1. The van der Waals surface area contributed by atoms with Crippen molar-refractivity contribution in [1.82, 2.24) is 9.97 Å². The van der Waals surface area contributed by atoms with Gasteiger partial charge in [-0.3, -0.25) is 4.79 Å². The maximum Gasteiger partial charge on any atom is 0.229 e. The molecular weight excluding hydrogens is 372 g/mol. The lowest BCUT2D eigenvalue weighted by Gasteiger charge is -2.32. The van der Waals surface area contributed by atoms with Crippen LogP contribution in [0.1, 0.15) is 29.5 Å². The van der Waals surface area contributed by atoms with Crippen molar-refractivity contribution in [3.05, 3.63) is 71.5 Å². The summed E-state index contributed by atoms with van der Waals surface area (Å²) in [4.78, 5) is 24.1. The molecule has 0 spiro atoms. The molecule has 1 unspecified atom stereocenters. The minimum Gasteiger partial charge on any atom is -0.340 e. The Morgan fingerprint density at radius 3 is 2.27 bits per heavy atom. The van der Waals surface area contributed by atoms with Crippen LogP contribution in [0.4, 0.5) is 11.6 Å². The van der Waals surface area contributed by atoms with E-state index < -0.39 is 0 Å². The molecule has 3 aromatic rings. The molecule has 5 nitrogen and oxygen atoms in total. The van der Waals surface area contributed by atoms with Gasteiger partial charge in [0.2, 0.25) is 11.9 Å². The molecule has 1 aromatic heterocycles. The first-order valence-electron chi connectivity index (χ1n) is 10.5.